The lowest BCUT2D eigenvalue weighted by molar-refractivity contribution is -0.274. The fourth-order valence-corrected chi connectivity index (χ4v) is 1.27. The number of carboxylic acids is 1. The summed E-state index contributed by atoms with van der Waals surface area (Å²) in [6, 6.07) is 2.14. The van der Waals surface area contributed by atoms with Crippen LogP contribution >= 0.6 is 0 Å². The second-order valence-electron chi connectivity index (χ2n) is 3.27. The first-order valence-electron chi connectivity index (χ1n) is 4.73. The number of aromatic amines is 1. The van der Waals surface area contributed by atoms with E-state index in [2.05, 4.69) is 25.1 Å². The Kier molecular flexibility index (Phi) is 3.07. The van der Waals surface area contributed by atoms with Crippen molar-refractivity contribution in [1.82, 2.24) is 20.4 Å². The molecule has 19 heavy (non-hydrogen) atoms. The van der Waals surface area contributed by atoms with E-state index in [1.54, 1.807) is 0 Å². The summed E-state index contributed by atoms with van der Waals surface area (Å²) < 4.78 is 39.4. The molecule has 0 aromatic carbocycles. The van der Waals surface area contributed by atoms with Gasteiger partial charge < -0.3 is 9.84 Å². The van der Waals surface area contributed by atoms with Gasteiger partial charge in [0.05, 0.1) is 11.9 Å². The van der Waals surface area contributed by atoms with Crippen molar-refractivity contribution in [3.8, 4) is 17.1 Å². The van der Waals surface area contributed by atoms with Crippen LogP contribution in [0.2, 0.25) is 0 Å². The highest BCUT2D eigenvalue weighted by Gasteiger charge is 2.31. The van der Waals surface area contributed by atoms with E-state index in [0.717, 1.165) is 18.3 Å². The monoisotopic (exact) mass is 274 g/mol. The zero-order valence-electron chi connectivity index (χ0n) is 8.97. The van der Waals surface area contributed by atoms with Gasteiger partial charge in [0.15, 0.2) is 5.69 Å². The average Bonchev–Trinajstić information content (AvgIpc) is 2.76. The summed E-state index contributed by atoms with van der Waals surface area (Å²) in [5, 5.41) is 17.7. The maximum Gasteiger partial charge on any atom is 0.573 e. The quantitative estimate of drug-likeness (QED) is 0.878. The highest BCUT2D eigenvalue weighted by molar-refractivity contribution is 5.91. The summed E-state index contributed by atoms with van der Waals surface area (Å²) in [4.78, 5) is 14.4. The zero-order chi connectivity index (χ0) is 14.0. The minimum absolute atomic E-state index is 0.0562. The predicted molar refractivity (Wildman–Crippen MR) is 53.3 cm³/mol. The molecule has 0 fully saturated rings. The molecule has 2 rings (SSSR count). The van der Waals surface area contributed by atoms with Gasteiger partial charge in [-0.15, -0.1) is 18.3 Å². The molecule has 2 aromatic heterocycles. The van der Waals surface area contributed by atoms with Crippen molar-refractivity contribution in [2.24, 2.45) is 0 Å². The fourth-order valence-electron chi connectivity index (χ4n) is 1.27. The SMILES string of the molecule is O=C(O)c1[nH]nnc1-c1ccc(OC(F)(F)F)cn1. The van der Waals surface area contributed by atoms with Crippen molar-refractivity contribution in [1.29, 1.82) is 0 Å². The number of nitrogens with zero attached hydrogens (tertiary/aromatic N) is 3. The Morgan fingerprint density at radius 1 is 1.37 bits per heavy atom. The van der Waals surface area contributed by atoms with Gasteiger partial charge in [0.25, 0.3) is 0 Å². The van der Waals surface area contributed by atoms with Gasteiger partial charge in [0, 0.05) is 0 Å². The Labute approximate surface area is 103 Å². The molecule has 0 amide bonds. The second kappa shape index (κ2) is 4.55. The van der Waals surface area contributed by atoms with Gasteiger partial charge in [-0.1, -0.05) is 5.21 Å². The van der Waals surface area contributed by atoms with Crippen LogP contribution in [0.5, 0.6) is 5.75 Å². The number of nitrogens with one attached hydrogen (secondary N) is 1. The number of H-pyrrole nitrogens is 1. The van der Waals surface area contributed by atoms with Gasteiger partial charge in [-0.3, -0.25) is 10.1 Å². The first kappa shape index (κ1) is 12.8. The first-order chi connectivity index (χ1) is 8.87. The fraction of sp³-hybridized carbons (Fsp3) is 0.111. The molecule has 0 bridgehead atoms. The van der Waals surface area contributed by atoms with E-state index < -0.39 is 18.1 Å². The summed E-state index contributed by atoms with van der Waals surface area (Å²) in [6.07, 6.45) is -4.01. The van der Waals surface area contributed by atoms with Crippen molar-refractivity contribution in [3.63, 3.8) is 0 Å². The second-order valence-corrected chi connectivity index (χ2v) is 3.27. The number of aromatic nitrogens is 4. The largest absolute Gasteiger partial charge is 0.573 e. The molecular formula is C9H5F3N4O3. The maximum atomic E-state index is 11.9. The normalized spacial score (nSPS) is 11.3. The number of hydrogen-bond donors (Lipinski definition) is 2. The topological polar surface area (TPSA) is 101 Å². The number of carboxylic acid groups (broad SMARTS) is 1. The smallest absolute Gasteiger partial charge is 0.476 e. The van der Waals surface area contributed by atoms with Crippen molar-refractivity contribution >= 4 is 5.97 Å². The molecule has 100 valence electrons. The molecule has 0 saturated heterocycles. The van der Waals surface area contributed by atoms with E-state index >= 15 is 0 Å². The van der Waals surface area contributed by atoms with Gasteiger partial charge in [-0.05, 0) is 12.1 Å². The third-order valence-corrected chi connectivity index (χ3v) is 1.98. The number of halogens is 3. The van der Waals surface area contributed by atoms with Crippen LogP contribution in [0.25, 0.3) is 11.4 Å². The molecule has 0 saturated carbocycles. The molecular weight excluding hydrogens is 269 g/mol. The van der Waals surface area contributed by atoms with E-state index in [0.29, 0.717) is 0 Å². The van der Waals surface area contributed by atoms with Crippen molar-refractivity contribution < 1.29 is 27.8 Å². The third kappa shape index (κ3) is 2.97. The van der Waals surface area contributed by atoms with E-state index in [1.165, 1.54) is 0 Å². The Bertz CT molecular complexity index is 594. The van der Waals surface area contributed by atoms with Crippen molar-refractivity contribution in [2.75, 3.05) is 0 Å². The number of aromatic carboxylic acids is 1. The molecule has 10 heteroatoms. The van der Waals surface area contributed by atoms with E-state index in [9.17, 15) is 18.0 Å². The lowest BCUT2D eigenvalue weighted by Gasteiger charge is -2.08. The highest BCUT2D eigenvalue weighted by Crippen LogP contribution is 2.24. The van der Waals surface area contributed by atoms with Crippen LogP contribution in [0, 0.1) is 0 Å². The summed E-state index contributed by atoms with van der Waals surface area (Å²) in [5.41, 5.74) is -0.330. The molecule has 0 aliphatic heterocycles. The summed E-state index contributed by atoms with van der Waals surface area (Å²) in [7, 11) is 0. The van der Waals surface area contributed by atoms with Gasteiger partial charge in [0.1, 0.15) is 11.4 Å². The molecule has 2 aromatic rings. The predicted octanol–water partition coefficient (Wildman–Crippen LogP) is 1.46. The minimum Gasteiger partial charge on any atom is -0.476 e. The molecule has 2 N–H and O–H groups in total. The number of alkyl halides is 3. The number of carbonyl (C=O) groups is 1. The summed E-state index contributed by atoms with van der Waals surface area (Å²) in [6.45, 7) is 0. The minimum atomic E-state index is -4.82. The van der Waals surface area contributed by atoms with Crippen molar-refractivity contribution in [2.45, 2.75) is 6.36 Å². The van der Waals surface area contributed by atoms with Crippen LogP contribution in [0.15, 0.2) is 18.3 Å². The number of ether oxygens (including phenoxy) is 1. The molecule has 0 radical (unpaired) electrons. The van der Waals surface area contributed by atoms with Crippen LogP contribution in [0.3, 0.4) is 0 Å². The molecule has 2 heterocycles. The average molecular weight is 274 g/mol. The summed E-state index contributed by atoms with van der Waals surface area (Å²) in [5.74, 6) is -1.82. The van der Waals surface area contributed by atoms with Crippen LogP contribution in [-0.4, -0.2) is 37.8 Å². The van der Waals surface area contributed by atoms with Gasteiger partial charge >= 0.3 is 12.3 Å². The lowest BCUT2D eigenvalue weighted by Crippen LogP contribution is -2.17. The highest BCUT2D eigenvalue weighted by atomic mass is 19.4. The summed E-state index contributed by atoms with van der Waals surface area (Å²) >= 11 is 0. The van der Waals surface area contributed by atoms with Crippen LogP contribution in [-0.2, 0) is 0 Å². The first-order valence-corrected chi connectivity index (χ1v) is 4.73. The zero-order valence-corrected chi connectivity index (χ0v) is 8.97. The maximum absolute atomic E-state index is 11.9. The molecule has 0 aliphatic rings. The molecule has 0 spiro atoms. The van der Waals surface area contributed by atoms with Gasteiger partial charge in [0.2, 0.25) is 0 Å². The Morgan fingerprint density at radius 3 is 2.63 bits per heavy atom. The Balaban J connectivity index is 2.28. The van der Waals surface area contributed by atoms with E-state index in [-0.39, 0.29) is 17.1 Å². The molecule has 0 unspecified atom stereocenters. The number of pyridine rings is 1. The van der Waals surface area contributed by atoms with Crippen LogP contribution < -0.4 is 4.74 Å². The van der Waals surface area contributed by atoms with Gasteiger partial charge in [-0.25, -0.2) is 4.79 Å². The van der Waals surface area contributed by atoms with Gasteiger partial charge in [-0.2, -0.15) is 0 Å². The standard InChI is InChI=1S/C9H5F3N4O3/c10-9(11,12)19-4-1-2-5(13-3-4)6-7(8(17)18)15-16-14-6/h1-3H,(H,17,18)(H,14,15,16). The lowest BCUT2D eigenvalue weighted by atomic mass is 10.2. The molecule has 0 atom stereocenters. The number of rotatable bonds is 3. The van der Waals surface area contributed by atoms with E-state index in [1.807, 2.05) is 0 Å². The van der Waals surface area contributed by atoms with Crippen LogP contribution in [0.4, 0.5) is 13.2 Å². The molecule has 0 aliphatic carbocycles. The third-order valence-electron chi connectivity index (χ3n) is 1.98. The Hall–Kier alpha value is -2.65. The van der Waals surface area contributed by atoms with Crippen molar-refractivity contribution in [3.05, 3.63) is 24.0 Å². The number of hydrogen-bond acceptors (Lipinski definition) is 5. The Morgan fingerprint density at radius 2 is 2.11 bits per heavy atom. The van der Waals surface area contributed by atoms with Crippen LogP contribution in [0.1, 0.15) is 10.5 Å². The molecule has 7 nitrogen and oxygen atoms in total. The van der Waals surface area contributed by atoms with E-state index in [4.69, 9.17) is 5.11 Å².